The fourth-order valence-electron chi connectivity index (χ4n) is 1.48. The SMILES string of the molecule is O=C(NN=Cc1cc(Cl)ccc1O)c1cccc(Br)c1. The molecule has 0 aliphatic heterocycles. The molecule has 2 rings (SSSR count). The van der Waals surface area contributed by atoms with Crippen molar-refractivity contribution in [3.05, 3.63) is 63.1 Å². The molecule has 0 spiro atoms. The molecule has 6 heteroatoms. The van der Waals surface area contributed by atoms with Crippen molar-refractivity contribution in [3.8, 4) is 5.75 Å². The Labute approximate surface area is 129 Å². The van der Waals surface area contributed by atoms with E-state index in [1.54, 1.807) is 30.3 Å². The maximum atomic E-state index is 11.8. The Morgan fingerprint density at radius 3 is 2.85 bits per heavy atom. The Kier molecular flexibility index (Phi) is 4.76. The maximum absolute atomic E-state index is 11.8. The topological polar surface area (TPSA) is 61.7 Å². The van der Waals surface area contributed by atoms with Gasteiger partial charge < -0.3 is 5.11 Å². The van der Waals surface area contributed by atoms with Crippen LogP contribution in [-0.4, -0.2) is 17.2 Å². The van der Waals surface area contributed by atoms with Crippen molar-refractivity contribution in [2.45, 2.75) is 0 Å². The molecule has 1 amide bonds. The third kappa shape index (κ3) is 3.82. The number of carbonyl (C=O) groups excluding carboxylic acids is 1. The summed E-state index contributed by atoms with van der Waals surface area (Å²) in [5.74, 6) is -0.307. The number of nitrogens with zero attached hydrogens (tertiary/aromatic N) is 1. The lowest BCUT2D eigenvalue weighted by Gasteiger charge is -2.01. The summed E-state index contributed by atoms with van der Waals surface area (Å²) in [6.45, 7) is 0. The largest absolute Gasteiger partial charge is 0.507 e. The van der Waals surface area contributed by atoms with Gasteiger partial charge in [-0.1, -0.05) is 33.6 Å². The Morgan fingerprint density at radius 1 is 1.30 bits per heavy atom. The molecule has 4 nitrogen and oxygen atoms in total. The molecule has 0 aliphatic carbocycles. The van der Waals surface area contributed by atoms with Crippen LogP contribution in [0.25, 0.3) is 0 Å². The predicted octanol–water partition coefficient (Wildman–Crippen LogP) is 3.57. The first-order valence-corrected chi connectivity index (χ1v) is 6.81. The van der Waals surface area contributed by atoms with Crippen molar-refractivity contribution in [1.29, 1.82) is 0 Å². The molecule has 2 N–H and O–H groups in total. The summed E-state index contributed by atoms with van der Waals surface area (Å²) in [5.41, 5.74) is 3.28. The second-order valence-corrected chi connectivity index (χ2v) is 5.26. The summed E-state index contributed by atoms with van der Waals surface area (Å²) < 4.78 is 0.807. The lowest BCUT2D eigenvalue weighted by Crippen LogP contribution is -2.17. The standard InChI is InChI=1S/C14H10BrClN2O2/c15-11-3-1-2-9(6-11)14(20)18-17-8-10-7-12(16)4-5-13(10)19/h1-8,19H,(H,18,20). The number of hydrogen-bond donors (Lipinski definition) is 2. The van der Waals surface area contributed by atoms with Crippen LogP contribution in [0.2, 0.25) is 5.02 Å². The number of carbonyl (C=O) groups is 1. The van der Waals surface area contributed by atoms with E-state index in [-0.39, 0.29) is 11.7 Å². The zero-order valence-electron chi connectivity index (χ0n) is 10.2. The summed E-state index contributed by atoms with van der Waals surface area (Å²) in [7, 11) is 0. The van der Waals surface area contributed by atoms with Crippen LogP contribution in [0.3, 0.4) is 0 Å². The van der Waals surface area contributed by atoms with E-state index in [9.17, 15) is 9.90 Å². The van der Waals surface area contributed by atoms with Crippen molar-refractivity contribution in [2.24, 2.45) is 5.10 Å². The minimum Gasteiger partial charge on any atom is -0.507 e. The van der Waals surface area contributed by atoms with Crippen molar-refractivity contribution < 1.29 is 9.90 Å². The van der Waals surface area contributed by atoms with Gasteiger partial charge in [0.2, 0.25) is 0 Å². The van der Waals surface area contributed by atoms with Crippen LogP contribution >= 0.6 is 27.5 Å². The third-order valence-corrected chi connectivity index (χ3v) is 3.17. The normalized spacial score (nSPS) is 10.7. The van der Waals surface area contributed by atoms with Crippen LogP contribution in [0.1, 0.15) is 15.9 Å². The Morgan fingerprint density at radius 2 is 2.10 bits per heavy atom. The average molecular weight is 354 g/mol. The summed E-state index contributed by atoms with van der Waals surface area (Å²) in [6, 6.07) is 11.5. The molecule has 102 valence electrons. The number of phenols is 1. The number of aromatic hydroxyl groups is 1. The van der Waals surface area contributed by atoms with Crippen LogP contribution in [-0.2, 0) is 0 Å². The van der Waals surface area contributed by atoms with Crippen molar-refractivity contribution in [1.82, 2.24) is 5.43 Å². The van der Waals surface area contributed by atoms with Crippen molar-refractivity contribution in [3.63, 3.8) is 0 Å². The summed E-state index contributed by atoms with van der Waals surface area (Å²) in [6.07, 6.45) is 1.33. The van der Waals surface area contributed by atoms with Gasteiger partial charge >= 0.3 is 0 Å². The smallest absolute Gasteiger partial charge is 0.271 e. The molecule has 0 radical (unpaired) electrons. The maximum Gasteiger partial charge on any atom is 0.271 e. The van der Waals surface area contributed by atoms with Gasteiger partial charge in [0.05, 0.1) is 6.21 Å². The second kappa shape index (κ2) is 6.54. The Balaban J connectivity index is 2.06. The quantitative estimate of drug-likeness (QED) is 0.654. The van der Waals surface area contributed by atoms with Gasteiger partial charge in [0, 0.05) is 20.6 Å². The molecule has 0 saturated heterocycles. The predicted molar refractivity (Wildman–Crippen MR) is 82.3 cm³/mol. The Hall–Kier alpha value is -1.85. The first-order valence-electron chi connectivity index (χ1n) is 5.64. The third-order valence-electron chi connectivity index (χ3n) is 2.45. The first kappa shape index (κ1) is 14.6. The number of rotatable bonds is 3. The van der Waals surface area contributed by atoms with Gasteiger partial charge in [-0.25, -0.2) is 5.43 Å². The number of phenolic OH excluding ortho intramolecular Hbond substituents is 1. The highest BCUT2D eigenvalue weighted by Crippen LogP contribution is 2.19. The summed E-state index contributed by atoms with van der Waals surface area (Å²) in [4.78, 5) is 11.8. The lowest BCUT2D eigenvalue weighted by atomic mass is 10.2. The van der Waals surface area contributed by atoms with Gasteiger partial charge in [0.1, 0.15) is 5.75 Å². The number of hydrazone groups is 1. The molecule has 0 saturated carbocycles. The monoisotopic (exact) mass is 352 g/mol. The van der Waals surface area contributed by atoms with Gasteiger partial charge in [0.25, 0.3) is 5.91 Å². The highest BCUT2D eigenvalue weighted by molar-refractivity contribution is 9.10. The fourth-order valence-corrected chi connectivity index (χ4v) is 2.06. The highest BCUT2D eigenvalue weighted by atomic mass is 79.9. The molecule has 20 heavy (non-hydrogen) atoms. The molecule has 0 heterocycles. The van der Waals surface area contributed by atoms with E-state index >= 15 is 0 Å². The average Bonchev–Trinajstić information content (AvgIpc) is 2.42. The zero-order valence-corrected chi connectivity index (χ0v) is 12.5. The van der Waals surface area contributed by atoms with Gasteiger partial charge in [-0.3, -0.25) is 4.79 Å². The minimum atomic E-state index is -0.343. The molecular formula is C14H10BrClN2O2. The van der Waals surface area contributed by atoms with Crippen LogP contribution in [0.4, 0.5) is 0 Å². The molecule has 0 unspecified atom stereocenters. The number of halogens is 2. The van der Waals surface area contributed by atoms with E-state index in [2.05, 4.69) is 26.5 Å². The van der Waals surface area contributed by atoms with Gasteiger partial charge in [0.15, 0.2) is 0 Å². The number of hydrogen-bond acceptors (Lipinski definition) is 3. The lowest BCUT2D eigenvalue weighted by molar-refractivity contribution is 0.0955. The van der Waals surface area contributed by atoms with Crippen molar-refractivity contribution >= 4 is 39.7 Å². The van der Waals surface area contributed by atoms with Crippen molar-refractivity contribution in [2.75, 3.05) is 0 Å². The van der Waals surface area contributed by atoms with Gasteiger partial charge in [-0.2, -0.15) is 5.10 Å². The van der Waals surface area contributed by atoms with Gasteiger partial charge in [-0.05, 0) is 36.4 Å². The van der Waals surface area contributed by atoms with E-state index in [0.29, 0.717) is 16.1 Å². The summed E-state index contributed by atoms with van der Waals surface area (Å²) in [5, 5.41) is 13.9. The molecule has 0 aromatic heterocycles. The highest BCUT2D eigenvalue weighted by Gasteiger charge is 2.04. The zero-order chi connectivity index (χ0) is 14.5. The first-order chi connectivity index (χ1) is 9.56. The molecule has 0 bridgehead atoms. The number of nitrogens with one attached hydrogen (secondary N) is 1. The fraction of sp³-hybridized carbons (Fsp3) is 0. The number of amides is 1. The molecule has 2 aromatic rings. The second-order valence-electron chi connectivity index (χ2n) is 3.91. The molecular weight excluding hydrogens is 344 g/mol. The van der Waals surface area contributed by atoms with Crippen LogP contribution in [0.5, 0.6) is 5.75 Å². The van der Waals surface area contributed by atoms with E-state index < -0.39 is 0 Å². The van der Waals surface area contributed by atoms with E-state index in [1.165, 1.54) is 12.3 Å². The molecule has 0 aliphatic rings. The summed E-state index contributed by atoms with van der Waals surface area (Å²) >= 11 is 9.09. The molecule has 2 aromatic carbocycles. The van der Waals surface area contributed by atoms with E-state index in [0.717, 1.165) is 4.47 Å². The number of benzene rings is 2. The Bertz CT molecular complexity index is 674. The van der Waals surface area contributed by atoms with Gasteiger partial charge in [-0.15, -0.1) is 0 Å². The minimum absolute atomic E-state index is 0.0369. The van der Waals surface area contributed by atoms with Crippen LogP contribution in [0, 0.1) is 0 Å². The molecule has 0 fully saturated rings. The van der Waals surface area contributed by atoms with E-state index in [1.807, 2.05) is 6.07 Å². The van der Waals surface area contributed by atoms with Crippen LogP contribution in [0.15, 0.2) is 52.0 Å². The van der Waals surface area contributed by atoms with Crippen LogP contribution < -0.4 is 5.43 Å². The van der Waals surface area contributed by atoms with E-state index in [4.69, 9.17) is 11.6 Å². The molecule has 0 atom stereocenters.